The number of hydrogen-bond acceptors (Lipinski definition) is 4. The molecule has 1 heterocycles. The second-order valence-corrected chi connectivity index (χ2v) is 9.73. The molecule has 1 saturated heterocycles. The van der Waals surface area contributed by atoms with Crippen molar-refractivity contribution >= 4 is 33.4 Å². The molecule has 0 unspecified atom stereocenters. The summed E-state index contributed by atoms with van der Waals surface area (Å²) in [5.74, 6) is -0.0903. The van der Waals surface area contributed by atoms with Crippen LogP contribution in [-0.4, -0.2) is 38.6 Å². The number of carbonyl (C=O) groups excluding carboxylic acids is 1. The van der Waals surface area contributed by atoms with Crippen molar-refractivity contribution in [2.24, 2.45) is 0 Å². The molecule has 3 rings (SSSR count). The van der Waals surface area contributed by atoms with E-state index in [4.69, 9.17) is 0 Å². The third-order valence-corrected chi connectivity index (χ3v) is 7.00. The number of likely N-dealkylation sites (tertiary alicyclic amines) is 1. The number of hydrogen-bond donors (Lipinski definition) is 1. The second-order valence-electron chi connectivity index (χ2n) is 7.20. The zero-order chi connectivity index (χ0) is 20.3. The molecule has 0 aliphatic carbocycles. The van der Waals surface area contributed by atoms with E-state index in [0.717, 1.165) is 48.4 Å². The van der Waals surface area contributed by atoms with Crippen LogP contribution in [0.5, 0.6) is 0 Å². The summed E-state index contributed by atoms with van der Waals surface area (Å²) in [6.07, 6.45) is 5.01. The maximum Gasteiger partial charge on any atom is 0.261 e. The van der Waals surface area contributed by atoms with Crippen LogP contribution in [0.4, 0.5) is 5.69 Å². The molecule has 2 aromatic rings. The van der Waals surface area contributed by atoms with Crippen LogP contribution in [0.25, 0.3) is 0 Å². The van der Waals surface area contributed by atoms with E-state index in [1.807, 2.05) is 31.1 Å². The number of rotatable bonds is 5. The zero-order valence-corrected chi connectivity index (χ0v) is 18.1. The molecule has 0 spiro atoms. The summed E-state index contributed by atoms with van der Waals surface area (Å²) in [5, 5.41) is 0. The Morgan fingerprint density at radius 2 is 1.64 bits per heavy atom. The highest BCUT2D eigenvalue weighted by atomic mass is 32.2. The molecule has 28 heavy (non-hydrogen) atoms. The monoisotopic (exact) mass is 418 g/mol. The van der Waals surface area contributed by atoms with Gasteiger partial charge in [0.05, 0.1) is 10.5 Å². The van der Waals surface area contributed by atoms with Gasteiger partial charge in [-0.25, -0.2) is 8.42 Å². The number of nitrogens with zero attached hydrogens (tertiary/aromatic N) is 1. The van der Waals surface area contributed by atoms with Crippen LogP contribution in [0, 0.1) is 13.8 Å². The molecular formula is C21H26N2O3S2. The molecule has 1 amide bonds. The minimum Gasteiger partial charge on any atom is -0.339 e. The smallest absolute Gasteiger partial charge is 0.261 e. The van der Waals surface area contributed by atoms with Crippen molar-refractivity contribution in [1.82, 2.24) is 4.90 Å². The van der Waals surface area contributed by atoms with Crippen molar-refractivity contribution in [1.29, 1.82) is 0 Å². The summed E-state index contributed by atoms with van der Waals surface area (Å²) in [6, 6.07) is 10.4. The van der Waals surface area contributed by atoms with E-state index in [9.17, 15) is 13.2 Å². The molecule has 0 saturated carbocycles. The van der Waals surface area contributed by atoms with Gasteiger partial charge in [0, 0.05) is 23.7 Å². The number of sulfonamides is 1. The highest BCUT2D eigenvalue weighted by Gasteiger charge is 2.24. The fourth-order valence-electron chi connectivity index (χ4n) is 3.54. The van der Waals surface area contributed by atoms with Gasteiger partial charge >= 0.3 is 0 Å². The molecule has 1 fully saturated rings. The van der Waals surface area contributed by atoms with Crippen LogP contribution >= 0.6 is 11.8 Å². The van der Waals surface area contributed by atoms with Crippen LogP contribution in [0.3, 0.4) is 0 Å². The summed E-state index contributed by atoms with van der Waals surface area (Å²) in [7, 11) is -3.79. The fraction of sp³-hybridized carbons (Fsp3) is 0.381. The zero-order valence-electron chi connectivity index (χ0n) is 16.5. The topological polar surface area (TPSA) is 66.5 Å². The standard InChI is InChI=1S/C21H26N2O3S2/c1-15-11-16(2)13-17(12-15)22-28(25,26)18-7-8-20(27-3)19(14-18)21(24)23-9-5-4-6-10-23/h7-8,11-14,22H,4-6,9-10H2,1-3H3. The van der Waals surface area contributed by atoms with E-state index in [2.05, 4.69) is 4.72 Å². The highest BCUT2D eigenvalue weighted by Crippen LogP contribution is 2.27. The lowest BCUT2D eigenvalue weighted by molar-refractivity contribution is 0.0720. The summed E-state index contributed by atoms with van der Waals surface area (Å²) in [5.41, 5.74) is 2.95. The van der Waals surface area contributed by atoms with Gasteiger partial charge in [-0.2, -0.15) is 0 Å². The molecule has 2 aromatic carbocycles. The van der Waals surface area contributed by atoms with Crippen LogP contribution in [0.15, 0.2) is 46.2 Å². The Balaban J connectivity index is 1.93. The number of piperidine rings is 1. The molecule has 150 valence electrons. The van der Waals surface area contributed by atoms with E-state index in [0.29, 0.717) is 11.3 Å². The molecule has 7 heteroatoms. The number of carbonyl (C=O) groups is 1. The van der Waals surface area contributed by atoms with E-state index in [1.165, 1.54) is 17.8 Å². The lowest BCUT2D eigenvalue weighted by Crippen LogP contribution is -2.36. The Labute approximate surface area is 171 Å². The Kier molecular flexibility index (Phi) is 6.35. The molecule has 1 aliphatic rings. The summed E-state index contributed by atoms with van der Waals surface area (Å²) >= 11 is 1.45. The van der Waals surface area contributed by atoms with Gasteiger partial charge in [-0.1, -0.05) is 6.07 Å². The summed E-state index contributed by atoms with van der Waals surface area (Å²) in [6.45, 7) is 5.30. The number of aryl methyl sites for hydroxylation is 2. The predicted octanol–water partition coefficient (Wildman–Crippen LogP) is 4.45. The minimum atomic E-state index is -3.79. The first-order valence-electron chi connectivity index (χ1n) is 9.38. The van der Waals surface area contributed by atoms with Crippen molar-refractivity contribution in [3.8, 4) is 0 Å². The SMILES string of the molecule is CSc1ccc(S(=O)(=O)Nc2cc(C)cc(C)c2)cc1C(=O)N1CCCCC1. The minimum absolute atomic E-state index is 0.0903. The first-order valence-corrected chi connectivity index (χ1v) is 12.1. The molecular weight excluding hydrogens is 392 g/mol. The average Bonchev–Trinajstić information content (AvgIpc) is 2.66. The first-order chi connectivity index (χ1) is 13.3. The maximum absolute atomic E-state index is 13.0. The number of nitrogens with one attached hydrogen (secondary N) is 1. The van der Waals surface area contributed by atoms with Crippen molar-refractivity contribution in [3.05, 3.63) is 53.1 Å². The third-order valence-electron chi connectivity index (χ3n) is 4.83. The first kappa shape index (κ1) is 20.7. The van der Waals surface area contributed by atoms with Gasteiger partial charge < -0.3 is 4.90 Å². The van der Waals surface area contributed by atoms with Gasteiger partial charge in [0.15, 0.2) is 0 Å². The van der Waals surface area contributed by atoms with Gasteiger partial charge in [-0.05, 0) is 80.8 Å². The number of thioether (sulfide) groups is 1. The Morgan fingerprint density at radius 1 is 1.00 bits per heavy atom. The molecule has 1 N–H and O–H groups in total. The quantitative estimate of drug-likeness (QED) is 0.729. The Hall–Kier alpha value is -1.99. The van der Waals surface area contributed by atoms with Crippen molar-refractivity contribution < 1.29 is 13.2 Å². The van der Waals surface area contributed by atoms with E-state index >= 15 is 0 Å². The summed E-state index contributed by atoms with van der Waals surface area (Å²) < 4.78 is 28.5. The van der Waals surface area contributed by atoms with Crippen molar-refractivity contribution in [2.45, 2.75) is 42.9 Å². The van der Waals surface area contributed by atoms with Crippen molar-refractivity contribution in [2.75, 3.05) is 24.1 Å². The number of amides is 1. The molecule has 0 atom stereocenters. The number of benzene rings is 2. The van der Waals surface area contributed by atoms with E-state index in [-0.39, 0.29) is 10.8 Å². The lowest BCUT2D eigenvalue weighted by Gasteiger charge is -2.27. The summed E-state index contributed by atoms with van der Waals surface area (Å²) in [4.78, 5) is 15.7. The van der Waals surface area contributed by atoms with Crippen LogP contribution in [0.1, 0.15) is 40.7 Å². The van der Waals surface area contributed by atoms with E-state index < -0.39 is 10.0 Å². The van der Waals surface area contributed by atoms with Crippen LogP contribution in [-0.2, 0) is 10.0 Å². The lowest BCUT2D eigenvalue weighted by atomic mass is 10.1. The Morgan fingerprint density at radius 3 is 2.25 bits per heavy atom. The average molecular weight is 419 g/mol. The molecule has 5 nitrogen and oxygen atoms in total. The second kappa shape index (κ2) is 8.57. The van der Waals surface area contributed by atoms with Gasteiger partial charge in [-0.3, -0.25) is 9.52 Å². The molecule has 1 aliphatic heterocycles. The highest BCUT2D eigenvalue weighted by molar-refractivity contribution is 7.98. The van der Waals surface area contributed by atoms with Crippen LogP contribution < -0.4 is 4.72 Å². The molecule has 0 radical (unpaired) electrons. The normalized spacial score (nSPS) is 14.8. The largest absolute Gasteiger partial charge is 0.339 e. The van der Waals surface area contributed by atoms with Gasteiger partial charge in [0.1, 0.15) is 0 Å². The third kappa shape index (κ3) is 4.70. The van der Waals surface area contributed by atoms with Gasteiger partial charge in [0.2, 0.25) is 0 Å². The maximum atomic E-state index is 13.0. The van der Waals surface area contributed by atoms with Gasteiger partial charge in [-0.15, -0.1) is 11.8 Å². The van der Waals surface area contributed by atoms with Crippen LogP contribution in [0.2, 0.25) is 0 Å². The van der Waals surface area contributed by atoms with E-state index in [1.54, 1.807) is 24.3 Å². The Bertz CT molecular complexity index is 961. The predicted molar refractivity (Wildman–Crippen MR) is 115 cm³/mol. The van der Waals surface area contributed by atoms with Crippen molar-refractivity contribution in [3.63, 3.8) is 0 Å². The molecule has 0 aromatic heterocycles. The molecule has 0 bridgehead atoms. The van der Waals surface area contributed by atoms with Gasteiger partial charge in [0.25, 0.3) is 15.9 Å². The fourth-order valence-corrected chi connectivity index (χ4v) is 5.17. The number of anilines is 1.